The number of rotatable bonds is 3. The Bertz CT molecular complexity index is 302. The molecule has 0 aliphatic heterocycles. The van der Waals surface area contributed by atoms with E-state index >= 15 is 0 Å². The topological polar surface area (TPSA) is 18.5 Å². The Balaban J connectivity index is 3.18. The van der Waals surface area contributed by atoms with Crippen LogP contribution in [0.2, 0.25) is 0 Å². The third-order valence-corrected chi connectivity index (χ3v) is 3.26. The Labute approximate surface area is 96.1 Å². The van der Waals surface area contributed by atoms with Crippen molar-refractivity contribution in [1.29, 1.82) is 0 Å². The number of benzene rings is 1. The summed E-state index contributed by atoms with van der Waals surface area (Å²) in [7, 11) is 3.35. The second kappa shape index (κ2) is 4.95. The fourth-order valence-corrected chi connectivity index (χ4v) is 2.22. The standard InChI is InChI=1S/C9H11IO2S/c1-11-7-5-9(13-3)8(12-2)4-6(7)10/h4-5H,1-3H3. The molecule has 0 atom stereocenters. The second-order valence-electron chi connectivity index (χ2n) is 2.34. The molecule has 1 aromatic rings. The van der Waals surface area contributed by atoms with Crippen LogP contribution in [-0.4, -0.2) is 20.5 Å². The molecular weight excluding hydrogens is 299 g/mol. The van der Waals surface area contributed by atoms with Gasteiger partial charge in [-0.25, -0.2) is 0 Å². The molecule has 4 heteroatoms. The van der Waals surface area contributed by atoms with Gasteiger partial charge in [-0.3, -0.25) is 0 Å². The Morgan fingerprint density at radius 1 is 1.15 bits per heavy atom. The van der Waals surface area contributed by atoms with Crippen LogP contribution in [0, 0.1) is 3.57 Å². The second-order valence-corrected chi connectivity index (χ2v) is 4.35. The predicted octanol–water partition coefficient (Wildman–Crippen LogP) is 3.03. The number of thioether (sulfide) groups is 1. The van der Waals surface area contributed by atoms with Gasteiger partial charge in [0.15, 0.2) is 0 Å². The highest BCUT2D eigenvalue weighted by Crippen LogP contribution is 2.34. The van der Waals surface area contributed by atoms with Crippen molar-refractivity contribution >= 4 is 34.4 Å². The predicted molar refractivity (Wildman–Crippen MR) is 64.0 cm³/mol. The molecular formula is C9H11IO2S. The van der Waals surface area contributed by atoms with Crippen LogP contribution in [0.3, 0.4) is 0 Å². The average Bonchev–Trinajstić information content (AvgIpc) is 2.17. The van der Waals surface area contributed by atoms with Crippen molar-refractivity contribution in [2.45, 2.75) is 4.90 Å². The molecule has 0 heterocycles. The van der Waals surface area contributed by atoms with Crippen molar-refractivity contribution in [3.63, 3.8) is 0 Å². The van der Waals surface area contributed by atoms with Crippen LogP contribution in [0.25, 0.3) is 0 Å². The SMILES string of the molecule is COc1cc(SC)c(OC)cc1I. The van der Waals surface area contributed by atoms with Gasteiger partial charge in [0.1, 0.15) is 11.5 Å². The minimum absolute atomic E-state index is 0.894. The highest BCUT2D eigenvalue weighted by Gasteiger charge is 2.07. The third kappa shape index (κ3) is 2.43. The van der Waals surface area contributed by atoms with Crippen molar-refractivity contribution in [2.24, 2.45) is 0 Å². The van der Waals surface area contributed by atoms with Gasteiger partial charge >= 0.3 is 0 Å². The lowest BCUT2D eigenvalue weighted by Gasteiger charge is -2.09. The van der Waals surface area contributed by atoms with Crippen LogP contribution in [0.5, 0.6) is 11.5 Å². The van der Waals surface area contributed by atoms with Crippen LogP contribution >= 0.6 is 34.4 Å². The molecule has 1 aromatic carbocycles. The van der Waals surface area contributed by atoms with E-state index in [0.29, 0.717) is 0 Å². The summed E-state index contributed by atoms with van der Waals surface area (Å²) in [5, 5.41) is 0. The lowest BCUT2D eigenvalue weighted by molar-refractivity contribution is 0.392. The highest BCUT2D eigenvalue weighted by atomic mass is 127. The summed E-state index contributed by atoms with van der Waals surface area (Å²) >= 11 is 3.88. The molecule has 2 nitrogen and oxygen atoms in total. The first-order chi connectivity index (χ1) is 6.22. The molecule has 0 amide bonds. The zero-order chi connectivity index (χ0) is 9.84. The number of ether oxygens (including phenoxy) is 2. The summed E-state index contributed by atoms with van der Waals surface area (Å²) in [4.78, 5) is 1.10. The lowest BCUT2D eigenvalue weighted by atomic mass is 10.3. The normalized spacial score (nSPS) is 9.85. The number of hydrogen-bond donors (Lipinski definition) is 0. The summed E-state index contributed by atoms with van der Waals surface area (Å²) in [6.45, 7) is 0. The van der Waals surface area contributed by atoms with Crippen LogP contribution in [0.1, 0.15) is 0 Å². The first kappa shape index (κ1) is 11.0. The molecule has 0 unspecified atom stereocenters. The molecule has 1 rings (SSSR count). The number of methoxy groups -OCH3 is 2. The summed E-state index contributed by atoms with van der Waals surface area (Å²) in [5.41, 5.74) is 0. The van der Waals surface area contributed by atoms with E-state index in [4.69, 9.17) is 9.47 Å². The van der Waals surface area contributed by atoms with E-state index in [9.17, 15) is 0 Å². The highest BCUT2D eigenvalue weighted by molar-refractivity contribution is 14.1. The summed E-state index contributed by atoms with van der Waals surface area (Å²) in [5.74, 6) is 1.79. The summed E-state index contributed by atoms with van der Waals surface area (Å²) in [6.07, 6.45) is 2.02. The smallest absolute Gasteiger partial charge is 0.133 e. The Morgan fingerprint density at radius 2 is 1.77 bits per heavy atom. The molecule has 0 aliphatic carbocycles. The average molecular weight is 310 g/mol. The van der Waals surface area contributed by atoms with E-state index in [1.165, 1.54) is 0 Å². The minimum atomic E-state index is 0.894. The van der Waals surface area contributed by atoms with Gasteiger partial charge in [-0.15, -0.1) is 11.8 Å². The first-order valence-electron chi connectivity index (χ1n) is 3.68. The fraction of sp³-hybridized carbons (Fsp3) is 0.333. The molecule has 0 spiro atoms. The van der Waals surface area contributed by atoms with Crippen LogP contribution in [0.15, 0.2) is 17.0 Å². The van der Waals surface area contributed by atoms with Crippen molar-refractivity contribution in [3.05, 3.63) is 15.7 Å². The van der Waals surface area contributed by atoms with E-state index in [0.717, 1.165) is 20.0 Å². The molecule has 13 heavy (non-hydrogen) atoms. The van der Waals surface area contributed by atoms with E-state index in [2.05, 4.69) is 22.6 Å². The molecule has 0 aliphatic rings. The lowest BCUT2D eigenvalue weighted by Crippen LogP contribution is -1.91. The van der Waals surface area contributed by atoms with Gasteiger partial charge in [0.25, 0.3) is 0 Å². The Morgan fingerprint density at radius 3 is 2.23 bits per heavy atom. The molecule has 0 aromatic heterocycles. The Kier molecular flexibility index (Phi) is 4.18. The zero-order valence-electron chi connectivity index (χ0n) is 7.76. The van der Waals surface area contributed by atoms with Crippen LogP contribution in [0.4, 0.5) is 0 Å². The van der Waals surface area contributed by atoms with E-state index in [-0.39, 0.29) is 0 Å². The van der Waals surface area contributed by atoms with Crippen LogP contribution < -0.4 is 9.47 Å². The van der Waals surface area contributed by atoms with E-state index < -0.39 is 0 Å². The van der Waals surface area contributed by atoms with E-state index in [1.54, 1.807) is 26.0 Å². The molecule has 0 saturated carbocycles. The van der Waals surface area contributed by atoms with Gasteiger partial charge in [0.2, 0.25) is 0 Å². The molecule has 0 radical (unpaired) electrons. The zero-order valence-corrected chi connectivity index (χ0v) is 10.7. The van der Waals surface area contributed by atoms with Gasteiger partial charge in [0, 0.05) is 0 Å². The fourth-order valence-electron chi connectivity index (χ4n) is 0.992. The molecule has 72 valence electrons. The molecule has 0 bridgehead atoms. The van der Waals surface area contributed by atoms with Gasteiger partial charge in [-0.05, 0) is 41.0 Å². The molecule has 0 fully saturated rings. The largest absolute Gasteiger partial charge is 0.496 e. The monoisotopic (exact) mass is 310 g/mol. The van der Waals surface area contributed by atoms with Crippen molar-refractivity contribution < 1.29 is 9.47 Å². The maximum atomic E-state index is 5.24. The van der Waals surface area contributed by atoms with Crippen molar-refractivity contribution in [3.8, 4) is 11.5 Å². The van der Waals surface area contributed by atoms with Gasteiger partial charge in [-0.2, -0.15) is 0 Å². The van der Waals surface area contributed by atoms with Crippen molar-refractivity contribution in [2.75, 3.05) is 20.5 Å². The maximum Gasteiger partial charge on any atom is 0.133 e. The van der Waals surface area contributed by atoms with Crippen molar-refractivity contribution in [1.82, 2.24) is 0 Å². The summed E-state index contributed by atoms with van der Waals surface area (Å²) in [6, 6.07) is 3.97. The van der Waals surface area contributed by atoms with Crippen LogP contribution in [-0.2, 0) is 0 Å². The van der Waals surface area contributed by atoms with E-state index in [1.807, 2.05) is 18.4 Å². The first-order valence-corrected chi connectivity index (χ1v) is 5.98. The van der Waals surface area contributed by atoms with Gasteiger partial charge in [-0.1, -0.05) is 0 Å². The third-order valence-electron chi connectivity index (χ3n) is 1.66. The number of hydrogen-bond acceptors (Lipinski definition) is 3. The summed E-state index contributed by atoms with van der Waals surface area (Å²) < 4.78 is 11.5. The Hall–Kier alpha value is -0.100. The maximum absolute atomic E-state index is 5.24. The molecule has 0 N–H and O–H groups in total. The van der Waals surface area contributed by atoms with Gasteiger partial charge < -0.3 is 9.47 Å². The minimum Gasteiger partial charge on any atom is -0.496 e. The quantitative estimate of drug-likeness (QED) is 0.631. The number of halogens is 1. The van der Waals surface area contributed by atoms with Gasteiger partial charge in [0.05, 0.1) is 22.7 Å². The molecule has 0 saturated heterocycles.